The number of nitrogens with two attached hydrogens (primary N) is 2. The van der Waals surface area contributed by atoms with Gasteiger partial charge in [0.05, 0.1) is 11.8 Å². The topological polar surface area (TPSA) is 144 Å². The first-order chi connectivity index (χ1) is 18.3. The number of nitrogen functional groups attached to an aromatic ring is 1. The van der Waals surface area contributed by atoms with Crippen molar-refractivity contribution in [3.63, 3.8) is 0 Å². The van der Waals surface area contributed by atoms with Gasteiger partial charge in [0.2, 0.25) is 5.91 Å². The fourth-order valence-electron chi connectivity index (χ4n) is 4.36. The van der Waals surface area contributed by atoms with Crippen LogP contribution >= 0.6 is 11.5 Å². The highest BCUT2D eigenvalue weighted by Crippen LogP contribution is 2.31. The highest BCUT2D eigenvalue weighted by atomic mass is 32.1. The monoisotopic (exact) mass is 536 g/mol. The van der Waals surface area contributed by atoms with Crippen LogP contribution in [-0.4, -0.2) is 60.3 Å². The highest BCUT2D eigenvalue weighted by Gasteiger charge is 2.35. The lowest BCUT2D eigenvalue weighted by Crippen LogP contribution is -2.45. The molecule has 10 nitrogen and oxygen atoms in total. The summed E-state index contributed by atoms with van der Waals surface area (Å²) in [7, 11) is 3.85. The normalized spacial score (nSPS) is 15.6. The SMILES string of the molecule is CN(C)c1ccc([C@H](C(=O)NC[C@H]2CCCO2)N(Cc2ccccc2)C(=O)c2snc(C(N)=O)c2N)cc1. The summed E-state index contributed by atoms with van der Waals surface area (Å²) < 4.78 is 9.67. The van der Waals surface area contributed by atoms with Crippen LogP contribution in [0.25, 0.3) is 0 Å². The van der Waals surface area contributed by atoms with Gasteiger partial charge in [0.25, 0.3) is 11.8 Å². The lowest BCUT2D eigenvalue weighted by atomic mass is 10.0. The molecule has 0 spiro atoms. The van der Waals surface area contributed by atoms with Crippen LogP contribution in [0, 0.1) is 0 Å². The summed E-state index contributed by atoms with van der Waals surface area (Å²) in [6.45, 7) is 1.13. The number of hydrogen-bond acceptors (Lipinski definition) is 8. The summed E-state index contributed by atoms with van der Waals surface area (Å²) in [6.07, 6.45) is 1.74. The average molecular weight is 537 g/mol. The molecule has 2 aromatic carbocycles. The van der Waals surface area contributed by atoms with Crippen molar-refractivity contribution in [2.24, 2.45) is 5.73 Å². The van der Waals surface area contributed by atoms with Gasteiger partial charge >= 0.3 is 0 Å². The minimum atomic E-state index is -0.987. The largest absolute Gasteiger partial charge is 0.395 e. The Morgan fingerprint density at radius 1 is 1.13 bits per heavy atom. The fraction of sp³-hybridized carbons (Fsp3) is 0.333. The van der Waals surface area contributed by atoms with Crippen LogP contribution in [0.15, 0.2) is 54.6 Å². The number of rotatable bonds is 10. The molecular weight excluding hydrogens is 504 g/mol. The van der Waals surface area contributed by atoms with E-state index in [0.29, 0.717) is 18.7 Å². The zero-order valence-corrected chi connectivity index (χ0v) is 22.2. The molecule has 2 heterocycles. The van der Waals surface area contributed by atoms with Crippen LogP contribution in [0.4, 0.5) is 11.4 Å². The summed E-state index contributed by atoms with van der Waals surface area (Å²) in [4.78, 5) is 43.0. The molecule has 2 atom stereocenters. The predicted molar refractivity (Wildman–Crippen MR) is 147 cm³/mol. The van der Waals surface area contributed by atoms with E-state index in [2.05, 4.69) is 9.69 Å². The van der Waals surface area contributed by atoms with E-state index in [9.17, 15) is 14.4 Å². The van der Waals surface area contributed by atoms with Gasteiger partial charge in [0, 0.05) is 39.5 Å². The van der Waals surface area contributed by atoms with Crippen LogP contribution in [0.5, 0.6) is 0 Å². The Hall–Kier alpha value is -3.96. The molecule has 1 aliphatic rings. The van der Waals surface area contributed by atoms with E-state index < -0.39 is 17.9 Å². The first-order valence-electron chi connectivity index (χ1n) is 12.3. The number of amides is 3. The second-order valence-electron chi connectivity index (χ2n) is 9.33. The van der Waals surface area contributed by atoms with E-state index in [1.807, 2.05) is 73.6 Å². The predicted octanol–water partition coefficient (Wildman–Crippen LogP) is 2.57. The van der Waals surface area contributed by atoms with Gasteiger partial charge < -0.3 is 31.3 Å². The van der Waals surface area contributed by atoms with Crippen molar-refractivity contribution in [3.8, 4) is 0 Å². The molecule has 38 heavy (non-hydrogen) atoms. The lowest BCUT2D eigenvalue weighted by molar-refractivity contribution is -0.126. The Morgan fingerprint density at radius 2 is 1.84 bits per heavy atom. The van der Waals surface area contributed by atoms with Crippen molar-refractivity contribution in [1.29, 1.82) is 0 Å². The number of nitrogens with zero attached hydrogens (tertiary/aromatic N) is 3. The summed E-state index contributed by atoms with van der Waals surface area (Å²) in [5, 5.41) is 2.99. The molecule has 1 aromatic heterocycles. The third-order valence-corrected chi connectivity index (χ3v) is 7.28. The second kappa shape index (κ2) is 12.1. The van der Waals surface area contributed by atoms with E-state index in [1.54, 1.807) is 0 Å². The molecule has 3 amide bonds. The molecule has 4 rings (SSSR count). The molecule has 5 N–H and O–H groups in total. The molecule has 1 saturated heterocycles. The van der Waals surface area contributed by atoms with Crippen molar-refractivity contribution < 1.29 is 19.1 Å². The molecule has 0 unspecified atom stereocenters. The minimum absolute atomic E-state index is 0.0524. The molecular formula is C27H32N6O4S. The number of benzene rings is 2. The third kappa shape index (κ3) is 6.12. The summed E-state index contributed by atoms with van der Waals surface area (Å²) in [5.74, 6) is -1.69. The van der Waals surface area contributed by atoms with Crippen molar-refractivity contribution in [3.05, 3.63) is 76.3 Å². The van der Waals surface area contributed by atoms with Gasteiger partial charge in [-0.1, -0.05) is 42.5 Å². The van der Waals surface area contributed by atoms with Gasteiger partial charge in [-0.3, -0.25) is 14.4 Å². The smallest absolute Gasteiger partial charge is 0.270 e. The molecule has 3 aromatic rings. The van der Waals surface area contributed by atoms with Crippen molar-refractivity contribution >= 4 is 40.6 Å². The Bertz CT molecular complexity index is 1270. The van der Waals surface area contributed by atoms with Gasteiger partial charge in [0.15, 0.2) is 5.69 Å². The maximum Gasteiger partial charge on any atom is 0.270 e. The molecule has 1 fully saturated rings. The number of carbonyl (C=O) groups is 3. The van der Waals surface area contributed by atoms with Gasteiger partial charge in [0.1, 0.15) is 10.9 Å². The number of anilines is 2. The van der Waals surface area contributed by atoms with E-state index in [4.69, 9.17) is 16.2 Å². The Balaban J connectivity index is 1.75. The number of aromatic nitrogens is 1. The van der Waals surface area contributed by atoms with Crippen LogP contribution < -0.4 is 21.7 Å². The molecule has 0 aliphatic carbocycles. The highest BCUT2D eigenvalue weighted by molar-refractivity contribution is 7.09. The maximum atomic E-state index is 14.0. The Morgan fingerprint density at radius 3 is 2.42 bits per heavy atom. The minimum Gasteiger partial charge on any atom is -0.395 e. The molecule has 1 aliphatic heterocycles. The average Bonchev–Trinajstić information content (AvgIpc) is 3.57. The quantitative estimate of drug-likeness (QED) is 0.361. The number of ether oxygens (including phenoxy) is 1. The zero-order chi connectivity index (χ0) is 27.2. The van der Waals surface area contributed by atoms with E-state index in [1.165, 1.54) is 4.90 Å². The van der Waals surface area contributed by atoms with Crippen molar-refractivity contribution in [1.82, 2.24) is 14.6 Å². The molecule has 0 bridgehead atoms. The third-order valence-electron chi connectivity index (χ3n) is 6.43. The maximum absolute atomic E-state index is 14.0. The standard InChI is InChI=1S/C27H32N6O4S/c1-32(2)19-12-10-18(11-13-19)23(26(35)30-15-20-9-6-14-37-20)33(16-17-7-4-3-5-8-17)27(36)24-21(28)22(25(29)34)31-38-24/h3-5,7-8,10-13,20,23H,6,9,14-16,28H2,1-2H3,(H2,29,34)(H,30,35)/t20-,23-/m1/s1. The molecule has 0 saturated carbocycles. The van der Waals surface area contributed by atoms with Crippen LogP contribution in [0.1, 0.15) is 50.2 Å². The van der Waals surface area contributed by atoms with Crippen molar-refractivity contribution in [2.75, 3.05) is 37.9 Å². The Labute approximate surface area is 225 Å². The van der Waals surface area contributed by atoms with Gasteiger partial charge in [-0.25, -0.2) is 0 Å². The fourth-order valence-corrected chi connectivity index (χ4v) is 5.13. The molecule has 0 radical (unpaired) electrons. The first kappa shape index (κ1) is 27.1. The van der Waals surface area contributed by atoms with Crippen molar-refractivity contribution in [2.45, 2.75) is 31.5 Å². The summed E-state index contributed by atoms with van der Waals surface area (Å²) in [6, 6.07) is 15.8. The first-order valence-corrected chi connectivity index (χ1v) is 13.1. The molecule has 11 heteroatoms. The lowest BCUT2D eigenvalue weighted by Gasteiger charge is -2.32. The zero-order valence-electron chi connectivity index (χ0n) is 21.4. The van der Waals surface area contributed by atoms with Gasteiger partial charge in [-0.15, -0.1) is 0 Å². The number of carbonyl (C=O) groups excluding carboxylic acids is 3. The summed E-state index contributed by atoms with van der Waals surface area (Å²) in [5.41, 5.74) is 13.7. The van der Waals surface area contributed by atoms with Crippen LogP contribution in [0.2, 0.25) is 0 Å². The number of primary amides is 1. The summed E-state index contributed by atoms with van der Waals surface area (Å²) >= 11 is 0.791. The number of hydrogen-bond donors (Lipinski definition) is 3. The van der Waals surface area contributed by atoms with Gasteiger partial charge in [-0.05, 0) is 47.6 Å². The Kier molecular flexibility index (Phi) is 8.59. The van der Waals surface area contributed by atoms with E-state index >= 15 is 0 Å². The second-order valence-corrected chi connectivity index (χ2v) is 10.1. The van der Waals surface area contributed by atoms with Crippen LogP contribution in [0.3, 0.4) is 0 Å². The van der Waals surface area contributed by atoms with E-state index in [-0.39, 0.29) is 34.8 Å². The van der Waals surface area contributed by atoms with Gasteiger partial charge in [-0.2, -0.15) is 4.37 Å². The van der Waals surface area contributed by atoms with E-state index in [0.717, 1.165) is 35.6 Å². The molecule has 200 valence electrons. The van der Waals surface area contributed by atoms with Crippen LogP contribution in [-0.2, 0) is 16.1 Å². The number of nitrogens with one attached hydrogen (secondary N) is 1.